The van der Waals surface area contributed by atoms with Gasteiger partial charge >= 0.3 is 0 Å². The monoisotopic (exact) mass is 251 g/mol. The topological polar surface area (TPSA) is 12.0 Å². The molecule has 96 valence electrons. The number of thiophene rings is 1. The van der Waals surface area contributed by atoms with Crippen LogP contribution in [0.25, 0.3) is 0 Å². The Bertz CT molecular complexity index is 348. The van der Waals surface area contributed by atoms with Crippen LogP contribution in [-0.4, -0.2) is 6.54 Å². The Hall–Kier alpha value is -0.340. The van der Waals surface area contributed by atoms with E-state index in [1.807, 2.05) is 11.3 Å². The second-order valence-corrected chi connectivity index (χ2v) is 7.16. The molecule has 17 heavy (non-hydrogen) atoms. The van der Waals surface area contributed by atoms with Gasteiger partial charge in [0.2, 0.25) is 0 Å². The summed E-state index contributed by atoms with van der Waals surface area (Å²) in [6.45, 7) is 9.09. The van der Waals surface area contributed by atoms with E-state index in [0.29, 0.717) is 0 Å². The van der Waals surface area contributed by atoms with Gasteiger partial charge in [-0.25, -0.2) is 0 Å². The first-order valence-corrected chi connectivity index (χ1v) is 7.73. The highest BCUT2D eigenvalue weighted by Gasteiger charge is 2.17. The molecule has 0 spiro atoms. The quantitative estimate of drug-likeness (QED) is 0.842. The molecule has 1 aliphatic carbocycles. The molecule has 0 aliphatic heterocycles. The fourth-order valence-corrected chi connectivity index (χ4v) is 3.75. The number of rotatable bonds is 4. The molecular weight excluding hydrogens is 226 g/mol. The molecule has 1 saturated carbocycles. The van der Waals surface area contributed by atoms with Crippen LogP contribution in [-0.2, 0) is 6.54 Å². The van der Waals surface area contributed by atoms with Gasteiger partial charge in [0.15, 0.2) is 0 Å². The lowest BCUT2D eigenvalue weighted by atomic mass is 9.83. The molecule has 1 aliphatic rings. The van der Waals surface area contributed by atoms with Crippen LogP contribution in [0.3, 0.4) is 0 Å². The van der Waals surface area contributed by atoms with Crippen molar-refractivity contribution in [2.75, 3.05) is 6.54 Å². The summed E-state index contributed by atoms with van der Waals surface area (Å²) < 4.78 is 0. The van der Waals surface area contributed by atoms with Crippen molar-refractivity contribution in [3.63, 3.8) is 0 Å². The average molecular weight is 251 g/mol. The minimum absolute atomic E-state index is 0.922. The number of aryl methyl sites for hydroxylation is 2. The van der Waals surface area contributed by atoms with Crippen molar-refractivity contribution in [3.8, 4) is 0 Å². The van der Waals surface area contributed by atoms with Crippen LogP contribution < -0.4 is 5.32 Å². The summed E-state index contributed by atoms with van der Waals surface area (Å²) >= 11 is 1.92. The van der Waals surface area contributed by atoms with Crippen molar-refractivity contribution in [1.82, 2.24) is 5.32 Å². The van der Waals surface area contributed by atoms with Gasteiger partial charge in [-0.05, 0) is 56.7 Å². The molecule has 1 heterocycles. The number of hydrogen-bond donors (Lipinski definition) is 1. The van der Waals surface area contributed by atoms with Crippen LogP contribution in [0.1, 0.15) is 47.9 Å². The molecule has 0 aromatic carbocycles. The molecule has 2 heteroatoms. The molecule has 0 radical (unpaired) electrons. The number of nitrogens with one attached hydrogen (secondary N) is 1. The van der Waals surface area contributed by atoms with E-state index in [4.69, 9.17) is 0 Å². The zero-order valence-corrected chi connectivity index (χ0v) is 12.2. The molecular formula is C15H25NS. The fraction of sp³-hybridized carbons (Fsp3) is 0.733. The fourth-order valence-electron chi connectivity index (χ4n) is 2.80. The van der Waals surface area contributed by atoms with Crippen molar-refractivity contribution in [2.45, 2.75) is 53.0 Å². The third kappa shape index (κ3) is 3.82. The molecule has 0 bridgehead atoms. The first-order chi connectivity index (χ1) is 8.15. The van der Waals surface area contributed by atoms with Crippen LogP contribution in [0.4, 0.5) is 0 Å². The van der Waals surface area contributed by atoms with Crippen LogP contribution in [0.5, 0.6) is 0 Å². The average Bonchev–Trinajstić information content (AvgIpc) is 2.60. The summed E-state index contributed by atoms with van der Waals surface area (Å²) in [6, 6.07) is 2.33. The maximum Gasteiger partial charge on any atom is 0.0216 e. The Morgan fingerprint density at radius 2 is 1.94 bits per heavy atom. The van der Waals surface area contributed by atoms with Gasteiger partial charge in [-0.1, -0.05) is 19.8 Å². The van der Waals surface area contributed by atoms with Gasteiger partial charge in [-0.2, -0.15) is 0 Å². The SMILES string of the molecule is Cc1cc(CNCC2CCC(C)CC2)c(C)s1. The van der Waals surface area contributed by atoms with E-state index in [1.165, 1.54) is 47.5 Å². The van der Waals surface area contributed by atoms with Crippen molar-refractivity contribution >= 4 is 11.3 Å². The van der Waals surface area contributed by atoms with E-state index in [9.17, 15) is 0 Å². The summed E-state index contributed by atoms with van der Waals surface area (Å²) in [5.41, 5.74) is 1.50. The maximum absolute atomic E-state index is 3.65. The Kier molecular flexibility index (Phi) is 4.63. The largest absolute Gasteiger partial charge is 0.312 e. The molecule has 1 nitrogen and oxygen atoms in total. The lowest BCUT2D eigenvalue weighted by molar-refractivity contribution is 0.281. The van der Waals surface area contributed by atoms with Gasteiger partial charge in [0.1, 0.15) is 0 Å². The van der Waals surface area contributed by atoms with Gasteiger partial charge in [-0.15, -0.1) is 11.3 Å². The third-order valence-electron chi connectivity index (χ3n) is 4.03. The van der Waals surface area contributed by atoms with Crippen LogP contribution in [0, 0.1) is 25.7 Å². The van der Waals surface area contributed by atoms with Gasteiger partial charge in [0.05, 0.1) is 0 Å². The molecule has 0 unspecified atom stereocenters. The predicted octanol–water partition coefficient (Wildman–Crippen LogP) is 4.28. The summed E-state index contributed by atoms with van der Waals surface area (Å²) in [5.74, 6) is 1.89. The van der Waals surface area contributed by atoms with Crippen LogP contribution in [0.2, 0.25) is 0 Å². The third-order valence-corrected chi connectivity index (χ3v) is 5.04. The molecule has 1 aromatic rings. The highest BCUT2D eigenvalue weighted by Crippen LogP contribution is 2.28. The minimum Gasteiger partial charge on any atom is -0.312 e. The van der Waals surface area contributed by atoms with E-state index in [1.54, 1.807) is 0 Å². The van der Waals surface area contributed by atoms with Gasteiger partial charge < -0.3 is 5.32 Å². The van der Waals surface area contributed by atoms with E-state index < -0.39 is 0 Å². The highest BCUT2D eigenvalue weighted by atomic mass is 32.1. The Morgan fingerprint density at radius 3 is 2.53 bits per heavy atom. The van der Waals surface area contributed by atoms with Crippen molar-refractivity contribution in [1.29, 1.82) is 0 Å². The molecule has 1 aromatic heterocycles. The second kappa shape index (κ2) is 6.01. The summed E-state index contributed by atoms with van der Waals surface area (Å²) in [4.78, 5) is 2.91. The molecule has 1 N–H and O–H groups in total. The second-order valence-electron chi connectivity index (χ2n) is 5.70. The summed E-state index contributed by atoms with van der Waals surface area (Å²) in [7, 11) is 0. The standard InChI is InChI=1S/C15H25NS/c1-11-4-6-14(7-5-11)9-16-10-15-8-12(2)17-13(15)3/h8,11,14,16H,4-7,9-10H2,1-3H3. The first-order valence-electron chi connectivity index (χ1n) is 6.91. The molecule has 1 fully saturated rings. The molecule has 0 saturated heterocycles. The molecule has 2 rings (SSSR count). The minimum atomic E-state index is 0.922. The zero-order chi connectivity index (χ0) is 12.3. The van der Waals surface area contributed by atoms with Crippen LogP contribution >= 0.6 is 11.3 Å². The van der Waals surface area contributed by atoms with Gasteiger partial charge in [-0.3, -0.25) is 0 Å². The van der Waals surface area contributed by atoms with E-state index in [-0.39, 0.29) is 0 Å². The van der Waals surface area contributed by atoms with Crippen molar-refractivity contribution in [2.24, 2.45) is 11.8 Å². The first kappa shape index (κ1) is 13.1. The lowest BCUT2D eigenvalue weighted by Crippen LogP contribution is -2.25. The van der Waals surface area contributed by atoms with E-state index >= 15 is 0 Å². The van der Waals surface area contributed by atoms with Crippen LogP contribution in [0.15, 0.2) is 6.07 Å². The van der Waals surface area contributed by atoms with Gasteiger partial charge in [0, 0.05) is 16.3 Å². The Labute approximate surface area is 110 Å². The molecule has 0 amide bonds. The van der Waals surface area contributed by atoms with E-state index in [0.717, 1.165) is 18.4 Å². The van der Waals surface area contributed by atoms with Crippen molar-refractivity contribution < 1.29 is 0 Å². The Morgan fingerprint density at radius 1 is 1.24 bits per heavy atom. The number of hydrogen-bond acceptors (Lipinski definition) is 2. The predicted molar refractivity (Wildman–Crippen MR) is 76.6 cm³/mol. The van der Waals surface area contributed by atoms with E-state index in [2.05, 4.69) is 32.2 Å². The smallest absolute Gasteiger partial charge is 0.0216 e. The zero-order valence-electron chi connectivity index (χ0n) is 11.4. The summed E-state index contributed by atoms with van der Waals surface area (Å²) in [6.07, 6.45) is 5.72. The van der Waals surface area contributed by atoms with Gasteiger partial charge in [0.25, 0.3) is 0 Å². The molecule has 0 atom stereocenters. The van der Waals surface area contributed by atoms with Crippen molar-refractivity contribution in [3.05, 3.63) is 21.4 Å². The maximum atomic E-state index is 3.65. The highest BCUT2D eigenvalue weighted by molar-refractivity contribution is 7.12. The lowest BCUT2D eigenvalue weighted by Gasteiger charge is -2.26. The summed E-state index contributed by atoms with van der Waals surface area (Å²) in [5, 5.41) is 3.65. The Balaban J connectivity index is 1.71. The normalized spacial score (nSPS) is 25.1.